The predicted octanol–water partition coefficient (Wildman–Crippen LogP) is 2.88. The molecule has 0 bridgehead atoms. The molecule has 0 atom stereocenters. The maximum absolute atomic E-state index is 12.9. The number of fused-ring (bicyclic) bond motifs is 4. The Kier molecular flexibility index (Phi) is 2.94. The summed E-state index contributed by atoms with van der Waals surface area (Å²) in [6.07, 6.45) is 2.38. The van der Waals surface area contributed by atoms with Crippen LogP contribution in [0.3, 0.4) is 0 Å². The van der Waals surface area contributed by atoms with Gasteiger partial charge in [-0.05, 0) is 36.5 Å². The summed E-state index contributed by atoms with van der Waals surface area (Å²) < 4.78 is 5.29. The molecule has 2 aliphatic rings. The minimum atomic E-state index is -0.422. The molecule has 0 saturated carbocycles. The second-order valence-corrected chi connectivity index (χ2v) is 5.91. The van der Waals surface area contributed by atoms with Crippen LogP contribution in [-0.2, 0) is 17.6 Å². The van der Waals surface area contributed by atoms with Gasteiger partial charge in [0.25, 0.3) is 0 Å². The van der Waals surface area contributed by atoms with Crippen LogP contribution in [0.2, 0.25) is 0 Å². The van der Waals surface area contributed by atoms with Crippen molar-refractivity contribution in [3.63, 3.8) is 0 Å². The zero-order chi connectivity index (χ0) is 16.1. The Morgan fingerprint density at radius 2 is 1.61 bits per heavy atom. The van der Waals surface area contributed by atoms with Gasteiger partial charge in [-0.2, -0.15) is 0 Å². The first-order valence-corrected chi connectivity index (χ1v) is 7.63. The Labute approximate surface area is 133 Å². The van der Waals surface area contributed by atoms with Crippen molar-refractivity contribution in [1.29, 1.82) is 0 Å². The fraction of sp³-hybridized carbons (Fsp3) is 0.211. The molecule has 0 aliphatic heterocycles. The summed E-state index contributed by atoms with van der Waals surface area (Å²) in [5.74, 6) is -0.292. The lowest BCUT2D eigenvalue weighted by Crippen LogP contribution is -2.23. The number of hydrogen-bond acceptors (Lipinski definition) is 4. The molecule has 23 heavy (non-hydrogen) atoms. The van der Waals surface area contributed by atoms with Gasteiger partial charge in [-0.1, -0.05) is 24.3 Å². The second-order valence-electron chi connectivity index (χ2n) is 5.91. The first-order chi connectivity index (χ1) is 11.1. The van der Waals surface area contributed by atoms with Crippen LogP contribution >= 0.6 is 0 Å². The van der Waals surface area contributed by atoms with Crippen molar-refractivity contribution >= 4 is 17.5 Å². The fourth-order valence-corrected chi connectivity index (χ4v) is 3.59. The van der Waals surface area contributed by atoms with Crippen LogP contribution in [0.15, 0.2) is 30.3 Å². The highest BCUT2D eigenvalue weighted by molar-refractivity contribution is 6.29. The summed E-state index contributed by atoms with van der Waals surface area (Å²) in [6.45, 7) is 1.34. The van der Waals surface area contributed by atoms with E-state index in [2.05, 4.69) is 0 Å². The molecule has 0 aromatic heterocycles. The maximum Gasteiger partial charge on any atom is 0.308 e. The molecular weight excluding hydrogens is 292 g/mol. The molecule has 4 rings (SSSR count). The summed E-state index contributed by atoms with van der Waals surface area (Å²) in [5.41, 5.74) is 3.48. The van der Waals surface area contributed by atoms with Crippen LogP contribution in [0.5, 0.6) is 5.75 Å². The van der Waals surface area contributed by atoms with E-state index in [0.717, 1.165) is 30.4 Å². The maximum atomic E-state index is 12.9. The number of ketones is 2. The van der Waals surface area contributed by atoms with Gasteiger partial charge in [-0.25, -0.2) is 0 Å². The molecule has 4 nitrogen and oxygen atoms in total. The minimum absolute atomic E-state index is 0.109. The lowest BCUT2D eigenvalue weighted by atomic mass is 9.80. The predicted molar refractivity (Wildman–Crippen MR) is 83.1 cm³/mol. The van der Waals surface area contributed by atoms with Crippen molar-refractivity contribution < 1.29 is 19.1 Å². The van der Waals surface area contributed by atoms with Crippen molar-refractivity contribution in [3.05, 3.63) is 63.7 Å². The number of benzene rings is 2. The van der Waals surface area contributed by atoms with Crippen LogP contribution in [0.4, 0.5) is 0 Å². The topological polar surface area (TPSA) is 60.4 Å². The molecule has 2 aliphatic carbocycles. The van der Waals surface area contributed by atoms with Gasteiger partial charge in [0.2, 0.25) is 0 Å². The molecule has 2 aromatic rings. The zero-order valence-electron chi connectivity index (χ0n) is 12.6. The summed E-state index contributed by atoms with van der Waals surface area (Å²) in [7, 11) is 0. The van der Waals surface area contributed by atoms with E-state index >= 15 is 0 Å². The van der Waals surface area contributed by atoms with Crippen molar-refractivity contribution in [3.8, 4) is 5.75 Å². The van der Waals surface area contributed by atoms with Crippen LogP contribution < -0.4 is 4.74 Å². The summed E-state index contributed by atoms with van der Waals surface area (Å²) >= 11 is 0. The van der Waals surface area contributed by atoms with Gasteiger partial charge in [0.1, 0.15) is 5.75 Å². The van der Waals surface area contributed by atoms with E-state index in [1.54, 1.807) is 30.3 Å². The van der Waals surface area contributed by atoms with E-state index < -0.39 is 5.97 Å². The van der Waals surface area contributed by atoms with E-state index in [-0.39, 0.29) is 11.6 Å². The summed E-state index contributed by atoms with van der Waals surface area (Å²) in [6, 6.07) is 8.44. The molecule has 0 amide bonds. The zero-order valence-corrected chi connectivity index (χ0v) is 12.6. The molecule has 0 N–H and O–H groups in total. The van der Waals surface area contributed by atoms with Gasteiger partial charge in [-0.3, -0.25) is 14.4 Å². The van der Waals surface area contributed by atoms with Gasteiger partial charge in [-0.15, -0.1) is 0 Å². The molecule has 114 valence electrons. The van der Waals surface area contributed by atoms with Gasteiger partial charge in [0.05, 0.1) is 0 Å². The van der Waals surface area contributed by atoms with Crippen LogP contribution in [0, 0.1) is 0 Å². The monoisotopic (exact) mass is 306 g/mol. The van der Waals surface area contributed by atoms with E-state index in [4.69, 9.17) is 4.74 Å². The summed E-state index contributed by atoms with van der Waals surface area (Å²) in [4.78, 5) is 37.0. The van der Waals surface area contributed by atoms with Crippen LogP contribution in [0.1, 0.15) is 56.3 Å². The Balaban J connectivity index is 2.00. The Morgan fingerprint density at radius 1 is 0.957 bits per heavy atom. The molecule has 4 heteroatoms. The number of carbonyl (C=O) groups is 3. The van der Waals surface area contributed by atoms with E-state index in [0.29, 0.717) is 28.0 Å². The summed E-state index contributed by atoms with van der Waals surface area (Å²) in [5, 5.41) is 0. The molecule has 0 radical (unpaired) electrons. The van der Waals surface area contributed by atoms with Gasteiger partial charge in [0.15, 0.2) is 11.6 Å². The highest BCUT2D eigenvalue weighted by atomic mass is 16.5. The molecular formula is C19H14O4. The van der Waals surface area contributed by atoms with Crippen molar-refractivity contribution in [2.45, 2.75) is 26.2 Å². The van der Waals surface area contributed by atoms with E-state index in [1.165, 1.54) is 6.92 Å². The number of rotatable bonds is 1. The van der Waals surface area contributed by atoms with Crippen molar-refractivity contribution in [1.82, 2.24) is 0 Å². The van der Waals surface area contributed by atoms with E-state index in [1.807, 2.05) is 0 Å². The lowest BCUT2D eigenvalue weighted by molar-refractivity contribution is -0.131. The number of ether oxygens (including phenoxy) is 1. The van der Waals surface area contributed by atoms with Crippen molar-refractivity contribution in [2.75, 3.05) is 0 Å². The minimum Gasteiger partial charge on any atom is -0.426 e. The molecule has 0 unspecified atom stereocenters. The molecule has 2 aromatic carbocycles. The smallest absolute Gasteiger partial charge is 0.308 e. The third kappa shape index (κ3) is 1.95. The molecule has 0 spiro atoms. The fourth-order valence-electron chi connectivity index (χ4n) is 3.59. The number of hydrogen-bond donors (Lipinski definition) is 0. The quantitative estimate of drug-likeness (QED) is 0.512. The lowest BCUT2D eigenvalue weighted by Gasteiger charge is -2.21. The average Bonchev–Trinajstić information content (AvgIpc) is 3.01. The van der Waals surface area contributed by atoms with E-state index in [9.17, 15) is 14.4 Å². The third-order valence-electron chi connectivity index (χ3n) is 4.50. The van der Waals surface area contributed by atoms with Crippen LogP contribution in [0.25, 0.3) is 0 Å². The number of carbonyl (C=O) groups excluding carboxylic acids is 3. The Hall–Kier alpha value is -2.75. The second kappa shape index (κ2) is 4.88. The Bertz CT molecular complexity index is 892. The van der Waals surface area contributed by atoms with Gasteiger partial charge < -0.3 is 4.74 Å². The average molecular weight is 306 g/mol. The van der Waals surface area contributed by atoms with Gasteiger partial charge in [0, 0.05) is 29.2 Å². The van der Waals surface area contributed by atoms with Gasteiger partial charge >= 0.3 is 5.97 Å². The highest BCUT2D eigenvalue weighted by Crippen LogP contribution is 2.40. The first-order valence-electron chi connectivity index (χ1n) is 7.63. The highest BCUT2D eigenvalue weighted by Gasteiger charge is 2.35. The third-order valence-corrected chi connectivity index (χ3v) is 4.50. The molecule has 0 saturated heterocycles. The molecule has 0 fully saturated rings. The standard InChI is InChI=1S/C19H14O4/c1-10(20)23-16-9-15-17(12-8-4-7-11(12)16)19(22)14-6-3-2-5-13(14)18(15)21/h2-3,5-6,9H,4,7-8H2,1H3. The SMILES string of the molecule is CC(=O)Oc1cc2c(c3c1CCC3)C(=O)c1ccccc1C2=O. The number of esters is 1. The molecule has 0 heterocycles. The Morgan fingerprint density at radius 3 is 2.30 bits per heavy atom. The van der Waals surface area contributed by atoms with Crippen LogP contribution in [-0.4, -0.2) is 17.5 Å². The first kappa shape index (κ1) is 13.9. The largest absolute Gasteiger partial charge is 0.426 e. The normalized spacial score (nSPS) is 15.0. The van der Waals surface area contributed by atoms with Crippen molar-refractivity contribution in [2.24, 2.45) is 0 Å².